The topological polar surface area (TPSA) is 67.4 Å². The van der Waals surface area contributed by atoms with E-state index in [0.29, 0.717) is 0 Å². The fourth-order valence-electron chi connectivity index (χ4n) is 2.05. The van der Waals surface area contributed by atoms with Crippen LogP contribution in [0.25, 0.3) is 0 Å². The van der Waals surface area contributed by atoms with E-state index >= 15 is 0 Å². The third-order valence-corrected chi connectivity index (χ3v) is 3.42. The van der Waals surface area contributed by atoms with Crippen LogP contribution in [0.1, 0.15) is 22.8 Å². The van der Waals surface area contributed by atoms with Gasteiger partial charge in [0.25, 0.3) is 0 Å². The number of hydrogen-bond acceptors (Lipinski definition) is 3. The number of nitrogens with one attached hydrogen (secondary N) is 2. The Hall–Kier alpha value is -2.74. The first-order valence-corrected chi connectivity index (χ1v) is 7.80. The zero-order chi connectivity index (χ0) is 19.3. The van der Waals surface area contributed by atoms with Crippen molar-refractivity contribution in [2.75, 3.05) is 17.2 Å². The summed E-state index contributed by atoms with van der Waals surface area (Å²) in [5.74, 6) is -0.514. The van der Waals surface area contributed by atoms with Gasteiger partial charge in [0.2, 0.25) is 0 Å². The molecule has 0 aliphatic heterocycles. The number of benzene rings is 2. The van der Waals surface area contributed by atoms with Crippen molar-refractivity contribution in [2.45, 2.75) is 13.1 Å². The maximum absolute atomic E-state index is 13.0. The molecule has 0 bridgehead atoms. The Balaban J connectivity index is 2.09. The minimum absolute atomic E-state index is 0.0992. The van der Waals surface area contributed by atoms with Crippen molar-refractivity contribution in [3.8, 4) is 0 Å². The Morgan fingerprint density at radius 3 is 2.31 bits per heavy atom. The number of carbonyl (C=O) groups is 2. The number of carbonyl (C=O) groups excluding carboxylic acids is 2. The molecular formula is C17H14ClF3N2O3. The molecule has 0 radical (unpaired) electrons. The van der Waals surface area contributed by atoms with Gasteiger partial charge in [0.1, 0.15) is 0 Å². The van der Waals surface area contributed by atoms with Crippen LogP contribution in [0.4, 0.5) is 29.3 Å². The molecule has 2 N–H and O–H groups in total. The quantitative estimate of drug-likeness (QED) is 0.711. The zero-order valence-electron chi connectivity index (χ0n) is 13.5. The van der Waals surface area contributed by atoms with Crippen molar-refractivity contribution in [1.82, 2.24) is 0 Å². The van der Waals surface area contributed by atoms with Crippen LogP contribution in [-0.4, -0.2) is 18.6 Å². The second kappa shape index (κ2) is 8.09. The van der Waals surface area contributed by atoms with E-state index in [1.807, 2.05) is 0 Å². The predicted molar refractivity (Wildman–Crippen MR) is 91.5 cm³/mol. The second-order valence-electron chi connectivity index (χ2n) is 5.06. The van der Waals surface area contributed by atoms with E-state index in [2.05, 4.69) is 10.6 Å². The largest absolute Gasteiger partial charge is 0.462 e. The Morgan fingerprint density at radius 2 is 1.73 bits per heavy atom. The van der Waals surface area contributed by atoms with Crippen LogP contribution in [0.15, 0.2) is 42.5 Å². The van der Waals surface area contributed by atoms with E-state index in [0.717, 1.165) is 12.1 Å². The third-order valence-electron chi connectivity index (χ3n) is 3.19. The van der Waals surface area contributed by atoms with Crippen molar-refractivity contribution in [3.05, 3.63) is 58.6 Å². The fraction of sp³-hybridized carbons (Fsp3) is 0.176. The fourth-order valence-corrected chi connectivity index (χ4v) is 2.22. The lowest BCUT2D eigenvalue weighted by Gasteiger charge is -2.14. The monoisotopic (exact) mass is 386 g/mol. The van der Waals surface area contributed by atoms with Gasteiger partial charge in [-0.3, -0.25) is 0 Å². The second-order valence-corrected chi connectivity index (χ2v) is 5.50. The van der Waals surface area contributed by atoms with Crippen LogP contribution in [0, 0.1) is 0 Å². The van der Waals surface area contributed by atoms with Crippen LogP contribution in [0.2, 0.25) is 5.02 Å². The van der Waals surface area contributed by atoms with Gasteiger partial charge in [0.15, 0.2) is 0 Å². The summed E-state index contributed by atoms with van der Waals surface area (Å²) >= 11 is 5.59. The van der Waals surface area contributed by atoms with Crippen LogP contribution >= 0.6 is 11.6 Å². The van der Waals surface area contributed by atoms with E-state index in [-0.39, 0.29) is 22.9 Å². The summed E-state index contributed by atoms with van der Waals surface area (Å²) in [4.78, 5) is 23.5. The van der Waals surface area contributed by atoms with E-state index < -0.39 is 29.4 Å². The number of anilines is 2. The SMILES string of the molecule is CCOC(=O)c1ccc(NC(=O)Nc2ccc(Cl)cc2C(F)(F)F)cc1. The molecule has 0 saturated carbocycles. The van der Waals surface area contributed by atoms with Crippen molar-refractivity contribution >= 4 is 35.0 Å². The molecule has 26 heavy (non-hydrogen) atoms. The van der Waals surface area contributed by atoms with Gasteiger partial charge in [-0.25, -0.2) is 9.59 Å². The minimum atomic E-state index is -4.67. The van der Waals surface area contributed by atoms with Gasteiger partial charge >= 0.3 is 18.2 Å². The average Bonchev–Trinajstić information content (AvgIpc) is 2.56. The molecular weight excluding hydrogens is 373 g/mol. The van der Waals surface area contributed by atoms with Crippen LogP contribution in [0.3, 0.4) is 0 Å². The molecule has 2 rings (SSSR count). The molecule has 0 spiro atoms. The molecule has 2 amide bonds. The first kappa shape index (κ1) is 19.6. The standard InChI is InChI=1S/C17H14ClF3N2O3/c1-2-26-15(24)10-3-6-12(7-4-10)22-16(25)23-14-8-5-11(18)9-13(14)17(19,20)21/h3-9H,2H2,1H3,(H2,22,23,25). The summed E-state index contributed by atoms with van der Waals surface area (Å²) in [5, 5.41) is 4.41. The number of alkyl halides is 3. The lowest BCUT2D eigenvalue weighted by atomic mass is 10.1. The number of hydrogen-bond donors (Lipinski definition) is 2. The Bertz CT molecular complexity index is 808. The van der Waals surface area contributed by atoms with Crippen molar-refractivity contribution in [3.63, 3.8) is 0 Å². The molecule has 0 fully saturated rings. The minimum Gasteiger partial charge on any atom is -0.462 e. The highest BCUT2D eigenvalue weighted by molar-refractivity contribution is 6.30. The van der Waals surface area contributed by atoms with E-state index in [1.54, 1.807) is 6.92 Å². The first-order chi connectivity index (χ1) is 12.2. The van der Waals surface area contributed by atoms with E-state index in [4.69, 9.17) is 16.3 Å². The molecule has 2 aromatic carbocycles. The summed E-state index contributed by atoms with van der Waals surface area (Å²) in [5.41, 5.74) is -0.909. The van der Waals surface area contributed by atoms with Gasteiger partial charge in [-0.05, 0) is 49.4 Å². The molecule has 0 aromatic heterocycles. The lowest BCUT2D eigenvalue weighted by molar-refractivity contribution is -0.136. The maximum atomic E-state index is 13.0. The molecule has 138 valence electrons. The maximum Gasteiger partial charge on any atom is 0.418 e. The Morgan fingerprint density at radius 1 is 1.08 bits per heavy atom. The van der Waals surface area contributed by atoms with Gasteiger partial charge < -0.3 is 15.4 Å². The van der Waals surface area contributed by atoms with Crippen molar-refractivity contribution in [2.24, 2.45) is 0 Å². The molecule has 9 heteroatoms. The number of amides is 2. The van der Waals surface area contributed by atoms with Crippen molar-refractivity contribution < 1.29 is 27.5 Å². The average molecular weight is 387 g/mol. The zero-order valence-corrected chi connectivity index (χ0v) is 14.2. The first-order valence-electron chi connectivity index (χ1n) is 7.42. The number of esters is 1. The molecule has 0 aliphatic rings. The Kier molecular flexibility index (Phi) is 6.10. The molecule has 0 aliphatic carbocycles. The lowest BCUT2D eigenvalue weighted by Crippen LogP contribution is -2.22. The predicted octanol–water partition coefficient (Wildman–Crippen LogP) is 5.18. The third kappa shape index (κ3) is 5.13. The molecule has 0 heterocycles. The van der Waals surface area contributed by atoms with Crippen molar-refractivity contribution in [1.29, 1.82) is 0 Å². The van der Waals surface area contributed by atoms with Crippen LogP contribution in [-0.2, 0) is 10.9 Å². The van der Waals surface area contributed by atoms with Gasteiger partial charge in [-0.1, -0.05) is 11.6 Å². The summed E-state index contributed by atoms with van der Waals surface area (Å²) in [6.45, 7) is 1.90. The summed E-state index contributed by atoms with van der Waals surface area (Å²) < 4.78 is 43.9. The highest BCUT2D eigenvalue weighted by Gasteiger charge is 2.34. The number of rotatable bonds is 4. The normalized spacial score (nSPS) is 11.0. The number of urea groups is 1. The molecule has 5 nitrogen and oxygen atoms in total. The summed E-state index contributed by atoms with van der Waals surface area (Å²) in [7, 11) is 0. The highest BCUT2D eigenvalue weighted by atomic mass is 35.5. The van der Waals surface area contributed by atoms with Crippen LogP contribution in [0.5, 0.6) is 0 Å². The van der Waals surface area contributed by atoms with Gasteiger partial charge in [-0.15, -0.1) is 0 Å². The summed E-state index contributed by atoms with van der Waals surface area (Å²) in [6.07, 6.45) is -4.67. The number of halogens is 4. The Labute approximate surface area is 152 Å². The van der Waals surface area contributed by atoms with Gasteiger partial charge in [0, 0.05) is 10.7 Å². The molecule has 0 atom stereocenters. The summed E-state index contributed by atoms with van der Waals surface area (Å²) in [6, 6.07) is 7.87. The number of ether oxygens (including phenoxy) is 1. The highest BCUT2D eigenvalue weighted by Crippen LogP contribution is 2.36. The van der Waals surface area contributed by atoms with Gasteiger partial charge in [0.05, 0.1) is 23.4 Å². The van der Waals surface area contributed by atoms with E-state index in [1.165, 1.54) is 30.3 Å². The molecule has 2 aromatic rings. The molecule has 0 unspecified atom stereocenters. The van der Waals surface area contributed by atoms with Crippen LogP contribution < -0.4 is 10.6 Å². The smallest absolute Gasteiger partial charge is 0.418 e. The molecule has 0 saturated heterocycles. The van der Waals surface area contributed by atoms with E-state index in [9.17, 15) is 22.8 Å². The van der Waals surface area contributed by atoms with Gasteiger partial charge in [-0.2, -0.15) is 13.2 Å².